The smallest absolute Gasteiger partial charge is 0.123 e. The number of nitrogens with two attached hydrogens (primary N) is 1. The van der Waals surface area contributed by atoms with E-state index in [1.807, 2.05) is 31.2 Å². The average Bonchev–Trinajstić information content (AvgIpc) is 2.30. The molecule has 0 bridgehead atoms. The van der Waals surface area contributed by atoms with Gasteiger partial charge in [-0.15, -0.1) is 0 Å². The highest BCUT2D eigenvalue weighted by atomic mass is 16.5. The molecule has 1 atom stereocenters. The van der Waals surface area contributed by atoms with Crippen LogP contribution in [0.3, 0.4) is 0 Å². The van der Waals surface area contributed by atoms with Gasteiger partial charge in [0.05, 0.1) is 7.11 Å². The van der Waals surface area contributed by atoms with Gasteiger partial charge in [-0.1, -0.05) is 30.4 Å². The minimum absolute atomic E-state index is 0.104. The Kier molecular flexibility index (Phi) is 5.02. The first-order valence-corrected chi connectivity index (χ1v) is 5.39. The maximum atomic E-state index is 5.77. The minimum Gasteiger partial charge on any atom is -0.496 e. The molecule has 0 saturated heterocycles. The lowest BCUT2D eigenvalue weighted by atomic mass is 10.1. The van der Waals surface area contributed by atoms with Crippen molar-refractivity contribution < 1.29 is 4.74 Å². The molecule has 3 nitrogen and oxygen atoms in total. The monoisotopic (exact) mass is 220 g/mol. The fourth-order valence-electron chi connectivity index (χ4n) is 1.57. The summed E-state index contributed by atoms with van der Waals surface area (Å²) < 4.78 is 5.32. The highest BCUT2D eigenvalue weighted by Gasteiger charge is 2.12. The van der Waals surface area contributed by atoms with Gasteiger partial charge in [0, 0.05) is 24.7 Å². The van der Waals surface area contributed by atoms with Crippen LogP contribution in [0, 0.1) is 0 Å². The first-order chi connectivity index (χ1) is 7.69. The van der Waals surface area contributed by atoms with Gasteiger partial charge < -0.3 is 15.8 Å². The molecule has 88 valence electrons. The first-order valence-electron chi connectivity index (χ1n) is 5.39. The second kappa shape index (κ2) is 6.30. The maximum Gasteiger partial charge on any atom is 0.123 e. The van der Waals surface area contributed by atoms with Crippen molar-refractivity contribution in [3.63, 3.8) is 0 Å². The van der Waals surface area contributed by atoms with E-state index >= 15 is 0 Å². The molecule has 1 rings (SSSR count). The van der Waals surface area contributed by atoms with E-state index in [-0.39, 0.29) is 6.04 Å². The van der Waals surface area contributed by atoms with Crippen molar-refractivity contribution in [1.82, 2.24) is 5.32 Å². The highest BCUT2D eigenvalue weighted by molar-refractivity contribution is 5.36. The number of methoxy groups -OCH3 is 1. The summed E-state index contributed by atoms with van der Waals surface area (Å²) in [7, 11) is 1.67. The van der Waals surface area contributed by atoms with Gasteiger partial charge in [0.2, 0.25) is 0 Å². The fourth-order valence-corrected chi connectivity index (χ4v) is 1.57. The van der Waals surface area contributed by atoms with E-state index in [0.29, 0.717) is 6.54 Å². The van der Waals surface area contributed by atoms with Crippen molar-refractivity contribution in [3.8, 4) is 5.75 Å². The van der Waals surface area contributed by atoms with Crippen LogP contribution >= 0.6 is 0 Å². The van der Waals surface area contributed by atoms with Crippen LogP contribution in [0.5, 0.6) is 5.75 Å². The normalized spacial score (nSPS) is 12.2. The molecule has 0 aliphatic heterocycles. The summed E-state index contributed by atoms with van der Waals surface area (Å²) in [6.07, 6.45) is 0. The third-order valence-electron chi connectivity index (χ3n) is 2.40. The molecule has 16 heavy (non-hydrogen) atoms. The number of nitrogens with one attached hydrogen (secondary N) is 1. The summed E-state index contributed by atoms with van der Waals surface area (Å²) in [6.45, 7) is 7.15. The van der Waals surface area contributed by atoms with Crippen LogP contribution in [-0.2, 0) is 0 Å². The lowest BCUT2D eigenvalue weighted by Gasteiger charge is -2.19. The van der Waals surface area contributed by atoms with Crippen LogP contribution in [-0.4, -0.2) is 20.2 Å². The number of ether oxygens (including phenoxy) is 1. The fraction of sp³-hybridized carbons (Fsp3) is 0.385. The molecule has 0 radical (unpaired) electrons. The summed E-state index contributed by atoms with van der Waals surface area (Å²) in [6, 6.07) is 8.02. The summed E-state index contributed by atoms with van der Waals surface area (Å²) in [5, 5.41) is 3.36. The molecular formula is C13H20N2O. The second-order valence-corrected chi connectivity index (χ2v) is 3.87. The van der Waals surface area contributed by atoms with Crippen LogP contribution in [0.4, 0.5) is 0 Å². The van der Waals surface area contributed by atoms with Gasteiger partial charge in [-0.25, -0.2) is 0 Å². The second-order valence-electron chi connectivity index (χ2n) is 3.87. The van der Waals surface area contributed by atoms with Gasteiger partial charge in [0.1, 0.15) is 5.75 Å². The largest absolute Gasteiger partial charge is 0.496 e. The highest BCUT2D eigenvalue weighted by Crippen LogP contribution is 2.23. The molecule has 0 saturated carbocycles. The van der Waals surface area contributed by atoms with Crippen LogP contribution < -0.4 is 15.8 Å². The van der Waals surface area contributed by atoms with Gasteiger partial charge in [0.25, 0.3) is 0 Å². The zero-order chi connectivity index (χ0) is 12.0. The molecular weight excluding hydrogens is 200 g/mol. The Morgan fingerprint density at radius 1 is 1.50 bits per heavy atom. The predicted molar refractivity (Wildman–Crippen MR) is 67.6 cm³/mol. The predicted octanol–water partition coefficient (Wildman–Crippen LogP) is 1.86. The van der Waals surface area contributed by atoms with Crippen molar-refractivity contribution in [3.05, 3.63) is 42.0 Å². The summed E-state index contributed by atoms with van der Waals surface area (Å²) >= 11 is 0. The molecule has 3 N–H and O–H groups in total. The summed E-state index contributed by atoms with van der Waals surface area (Å²) in [5.74, 6) is 0.868. The Balaban J connectivity index is 2.81. The number of para-hydroxylation sites is 1. The Hall–Kier alpha value is -1.32. The molecule has 0 aliphatic rings. The zero-order valence-corrected chi connectivity index (χ0v) is 9.99. The molecule has 0 heterocycles. The van der Waals surface area contributed by atoms with Crippen LogP contribution in [0.1, 0.15) is 18.5 Å². The molecule has 0 aliphatic carbocycles. The van der Waals surface area contributed by atoms with E-state index in [2.05, 4.69) is 11.9 Å². The van der Waals surface area contributed by atoms with Crippen molar-refractivity contribution >= 4 is 0 Å². The van der Waals surface area contributed by atoms with E-state index in [1.54, 1.807) is 7.11 Å². The maximum absolute atomic E-state index is 5.77. The summed E-state index contributed by atoms with van der Waals surface area (Å²) in [4.78, 5) is 0. The number of hydrogen-bond donors (Lipinski definition) is 2. The molecule has 0 spiro atoms. The van der Waals surface area contributed by atoms with Crippen molar-refractivity contribution in [2.75, 3.05) is 20.2 Å². The Morgan fingerprint density at radius 3 is 2.75 bits per heavy atom. The lowest BCUT2D eigenvalue weighted by molar-refractivity contribution is 0.400. The first kappa shape index (κ1) is 12.7. The van der Waals surface area contributed by atoms with Gasteiger partial charge in [-0.3, -0.25) is 0 Å². The van der Waals surface area contributed by atoms with E-state index < -0.39 is 0 Å². The van der Waals surface area contributed by atoms with Gasteiger partial charge >= 0.3 is 0 Å². The standard InChI is InChI=1S/C13H20N2O/c1-10(2)9-15-12(8-14)11-6-4-5-7-13(11)16-3/h4-7,12,15H,1,8-9,14H2,2-3H3. The number of rotatable bonds is 6. The summed E-state index contributed by atoms with van der Waals surface area (Å²) in [5.41, 5.74) is 7.95. The Labute approximate surface area is 97.3 Å². The molecule has 0 amide bonds. The van der Waals surface area contributed by atoms with E-state index in [0.717, 1.165) is 23.4 Å². The van der Waals surface area contributed by atoms with Crippen molar-refractivity contribution in [2.45, 2.75) is 13.0 Å². The van der Waals surface area contributed by atoms with E-state index in [9.17, 15) is 0 Å². The zero-order valence-electron chi connectivity index (χ0n) is 9.99. The quantitative estimate of drug-likeness (QED) is 0.719. The molecule has 0 aromatic heterocycles. The third kappa shape index (κ3) is 3.36. The van der Waals surface area contributed by atoms with Crippen molar-refractivity contribution in [2.24, 2.45) is 5.73 Å². The number of hydrogen-bond acceptors (Lipinski definition) is 3. The van der Waals surface area contributed by atoms with E-state index in [1.165, 1.54) is 0 Å². The lowest BCUT2D eigenvalue weighted by Crippen LogP contribution is -2.29. The van der Waals surface area contributed by atoms with Gasteiger partial charge in [0.15, 0.2) is 0 Å². The molecule has 3 heteroatoms. The molecule has 0 fully saturated rings. The SMILES string of the molecule is C=C(C)CNC(CN)c1ccccc1OC. The van der Waals surface area contributed by atoms with Gasteiger partial charge in [-0.05, 0) is 13.0 Å². The third-order valence-corrected chi connectivity index (χ3v) is 2.40. The topological polar surface area (TPSA) is 47.3 Å². The van der Waals surface area contributed by atoms with Gasteiger partial charge in [-0.2, -0.15) is 0 Å². The number of benzene rings is 1. The Bertz CT molecular complexity index is 350. The van der Waals surface area contributed by atoms with Crippen LogP contribution in [0.15, 0.2) is 36.4 Å². The molecule has 1 aromatic rings. The minimum atomic E-state index is 0.104. The average molecular weight is 220 g/mol. The van der Waals surface area contributed by atoms with Crippen LogP contribution in [0.25, 0.3) is 0 Å². The van der Waals surface area contributed by atoms with Crippen LogP contribution in [0.2, 0.25) is 0 Å². The molecule has 1 unspecified atom stereocenters. The van der Waals surface area contributed by atoms with E-state index in [4.69, 9.17) is 10.5 Å². The molecule has 1 aromatic carbocycles. The Morgan fingerprint density at radius 2 is 2.19 bits per heavy atom. The van der Waals surface area contributed by atoms with Crippen molar-refractivity contribution in [1.29, 1.82) is 0 Å².